The van der Waals surface area contributed by atoms with Gasteiger partial charge in [-0.25, -0.2) is 0 Å². The van der Waals surface area contributed by atoms with Crippen LogP contribution in [0.25, 0.3) is 11.3 Å². The summed E-state index contributed by atoms with van der Waals surface area (Å²) >= 11 is 0. The van der Waals surface area contributed by atoms with Crippen LogP contribution in [0.15, 0.2) is 41.4 Å². The molecule has 2 rings (SSSR count). The van der Waals surface area contributed by atoms with Gasteiger partial charge in [-0.3, -0.25) is 5.10 Å². The summed E-state index contributed by atoms with van der Waals surface area (Å²) < 4.78 is 33.6. The van der Waals surface area contributed by atoms with Gasteiger partial charge >= 0.3 is 10.2 Å². The maximum Gasteiger partial charge on any atom is 0.349 e. The van der Waals surface area contributed by atoms with Gasteiger partial charge in [0.05, 0.1) is 5.69 Å². The van der Waals surface area contributed by atoms with E-state index in [9.17, 15) is 12.3 Å². The Morgan fingerprint density at radius 2 is 1.87 bits per heavy atom. The third-order valence-electron chi connectivity index (χ3n) is 1.89. The Morgan fingerprint density at radius 3 is 2.40 bits per heavy atom. The van der Waals surface area contributed by atoms with Gasteiger partial charge < -0.3 is 0 Å². The summed E-state index contributed by atoms with van der Waals surface area (Å²) in [6.07, 6.45) is 0. The zero-order chi connectivity index (χ0) is 10.9. The Labute approximate surface area is 86.0 Å². The molecule has 1 aromatic heterocycles. The van der Waals surface area contributed by atoms with Gasteiger partial charge in [-0.2, -0.15) is 13.5 Å². The van der Waals surface area contributed by atoms with E-state index in [1.807, 2.05) is 6.07 Å². The van der Waals surface area contributed by atoms with Crippen LogP contribution in [0.2, 0.25) is 0 Å². The predicted octanol–water partition coefficient (Wildman–Crippen LogP) is 1.73. The molecule has 0 saturated heterocycles. The summed E-state index contributed by atoms with van der Waals surface area (Å²) in [6.45, 7) is 0. The topological polar surface area (TPSA) is 62.8 Å². The highest BCUT2D eigenvalue weighted by Crippen LogP contribution is 2.19. The van der Waals surface area contributed by atoms with Crippen molar-refractivity contribution in [3.8, 4) is 11.3 Å². The number of halogens is 1. The van der Waals surface area contributed by atoms with Gasteiger partial charge in [-0.15, -0.1) is 0 Å². The van der Waals surface area contributed by atoms with E-state index in [2.05, 4.69) is 10.2 Å². The van der Waals surface area contributed by atoms with E-state index in [1.54, 1.807) is 24.3 Å². The highest BCUT2D eigenvalue weighted by molar-refractivity contribution is 7.86. The van der Waals surface area contributed by atoms with Crippen molar-refractivity contribution in [3.63, 3.8) is 0 Å². The number of H-pyrrole nitrogens is 1. The van der Waals surface area contributed by atoms with Crippen LogP contribution in [0.3, 0.4) is 0 Å². The number of rotatable bonds is 2. The van der Waals surface area contributed by atoms with Crippen LogP contribution in [-0.4, -0.2) is 18.6 Å². The second-order valence-electron chi connectivity index (χ2n) is 2.92. The van der Waals surface area contributed by atoms with Gasteiger partial charge in [0, 0.05) is 11.6 Å². The average Bonchev–Trinajstić information content (AvgIpc) is 2.67. The minimum atomic E-state index is -4.71. The first-order chi connectivity index (χ1) is 7.07. The monoisotopic (exact) mass is 226 g/mol. The molecule has 2 aromatic rings. The Kier molecular flexibility index (Phi) is 2.28. The Balaban J connectivity index is 2.46. The van der Waals surface area contributed by atoms with E-state index in [0.29, 0.717) is 5.69 Å². The lowest BCUT2D eigenvalue weighted by Crippen LogP contribution is -1.90. The molecule has 6 heteroatoms. The largest absolute Gasteiger partial charge is 0.349 e. The summed E-state index contributed by atoms with van der Waals surface area (Å²) in [5.41, 5.74) is 1.12. The van der Waals surface area contributed by atoms with Gasteiger partial charge in [0.1, 0.15) is 0 Å². The molecule has 78 valence electrons. The van der Waals surface area contributed by atoms with Crippen LogP contribution in [0.1, 0.15) is 0 Å². The molecule has 1 N–H and O–H groups in total. The fourth-order valence-electron chi connectivity index (χ4n) is 1.19. The molecule has 0 aliphatic heterocycles. The normalized spacial score (nSPS) is 11.5. The molecule has 0 bridgehead atoms. The third-order valence-corrected chi connectivity index (χ3v) is 2.62. The Bertz CT molecular complexity index is 563. The van der Waals surface area contributed by atoms with Crippen molar-refractivity contribution < 1.29 is 12.3 Å². The number of aromatic amines is 1. The van der Waals surface area contributed by atoms with Crippen LogP contribution < -0.4 is 0 Å². The van der Waals surface area contributed by atoms with Crippen LogP contribution in [-0.2, 0) is 10.2 Å². The standard InChI is InChI=1S/C9H7FN2O2S/c10-15(13,14)9-6-8(11-12-9)7-4-2-1-3-5-7/h1-6H,(H,11,12). The van der Waals surface area contributed by atoms with E-state index >= 15 is 0 Å². The summed E-state index contributed by atoms with van der Waals surface area (Å²) in [4.78, 5) is 0. The first-order valence-corrected chi connectivity index (χ1v) is 5.51. The highest BCUT2D eigenvalue weighted by Gasteiger charge is 2.15. The van der Waals surface area contributed by atoms with Crippen LogP contribution in [0.4, 0.5) is 3.89 Å². The zero-order valence-corrected chi connectivity index (χ0v) is 8.33. The van der Waals surface area contributed by atoms with E-state index < -0.39 is 15.2 Å². The molecule has 0 spiro atoms. The lowest BCUT2D eigenvalue weighted by atomic mass is 10.2. The van der Waals surface area contributed by atoms with Crippen molar-refractivity contribution in [2.75, 3.05) is 0 Å². The molecule has 0 saturated carbocycles. The summed E-state index contributed by atoms with van der Waals surface area (Å²) in [5.74, 6) is 0. The molecule has 0 fully saturated rings. The van der Waals surface area contributed by atoms with Crippen molar-refractivity contribution >= 4 is 10.2 Å². The first-order valence-electron chi connectivity index (χ1n) is 4.13. The molecule has 15 heavy (non-hydrogen) atoms. The smallest absolute Gasteiger partial charge is 0.265 e. The SMILES string of the molecule is O=S(=O)(F)c1cc(-c2ccccc2)n[nH]1. The molecule has 0 atom stereocenters. The van der Waals surface area contributed by atoms with Gasteiger partial charge in [0.25, 0.3) is 0 Å². The molecule has 1 aromatic carbocycles. The van der Waals surface area contributed by atoms with Crippen molar-refractivity contribution in [1.29, 1.82) is 0 Å². The quantitative estimate of drug-likeness (QED) is 0.793. The summed E-state index contributed by atoms with van der Waals surface area (Å²) in [6, 6.07) is 10.1. The van der Waals surface area contributed by atoms with Crippen LogP contribution in [0.5, 0.6) is 0 Å². The predicted molar refractivity (Wildman–Crippen MR) is 52.3 cm³/mol. The Hall–Kier alpha value is -1.69. The van der Waals surface area contributed by atoms with Gasteiger partial charge in [-0.1, -0.05) is 34.2 Å². The van der Waals surface area contributed by atoms with Crippen LogP contribution in [0, 0.1) is 0 Å². The number of hydrogen-bond acceptors (Lipinski definition) is 3. The average molecular weight is 226 g/mol. The van der Waals surface area contributed by atoms with E-state index in [-0.39, 0.29) is 0 Å². The minimum absolute atomic E-state index is 0.395. The molecule has 0 unspecified atom stereocenters. The van der Waals surface area contributed by atoms with Crippen molar-refractivity contribution in [2.24, 2.45) is 0 Å². The Morgan fingerprint density at radius 1 is 1.20 bits per heavy atom. The maximum atomic E-state index is 12.6. The zero-order valence-electron chi connectivity index (χ0n) is 7.51. The fraction of sp³-hybridized carbons (Fsp3) is 0. The summed E-state index contributed by atoms with van der Waals surface area (Å²) in [7, 11) is -4.71. The van der Waals surface area contributed by atoms with Gasteiger partial charge in [0.2, 0.25) is 0 Å². The number of benzene rings is 1. The van der Waals surface area contributed by atoms with Crippen LogP contribution >= 0.6 is 0 Å². The molecule has 0 aliphatic rings. The second-order valence-corrected chi connectivity index (χ2v) is 4.24. The molecule has 4 nitrogen and oxygen atoms in total. The highest BCUT2D eigenvalue weighted by atomic mass is 32.3. The van der Waals surface area contributed by atoms with Crippen molar-refractivity contribution in [2.45, 2.75) is 5.03 Å². The third kappa shape index (κ3) is 2.04. The van der Waals surface area contributed by atoms with E-state index in [0.717, 1.165) is 11.6 Å². The van der Waals surface area contributed by atoms with Gasteiger partial charge in [-0.05, 0) is 0 Å². The molecule has 0 radical (unpaired) electrons. The number of nitrogens with one attached hydrogen (secondary N) is 1. The summed E-state index contributed by atoms with van der Waals surface area (Å²) in [5, 5.41) is 5.31. The van der Waals surface area contributed by atoms with Gasteiger partial charge in [0.15, 0.2) is 5.03 Å². The number of nitrogens with zero attached hydrogens (tertiary/aromatic N) is 1. The molecule has 1 heterocycles. The number of aromatic nitrogens is 2. The molecule has 0 aliphatic carbocycles. The van der Waals surface area contributed by atoms with E-state index in [4.69, 9.17) is 0 Å². The number of hydrogen-bond donors (Lipinski definition) is 1. The second kappa shape index (κ2) is 3.47. The molecular weight excluding hydrogens is 219 g/mol. The molecule has 0 amide bonds. The van der Waals surface area contributed by atoms with Crippen molar-refractivity contribution in [3.05, 3.63) is 36.4 Å². The van der Waals surface area contributed by atoms with Crippen molar-refractivity contribution in [1.82, 2.24) is 10.2 Å². The minimum Gasteiger partial charge on any atom is -0.265 e. The molecular formula is C9H7FN2O2S. The lowest BCUT2D eigenvalue weighted by Gasteiger charge is -1.92. The fourth-order valence-corrected chi connectivity index (χ4v) is 1.59. The maximum absolute atomic E-state index is 12.6. The first kappa shape index (κ1) is 9.85. The lowest BCUT2D eigenvalue weighted by molar-refractivity contribution is 0.547. The van der Waals surface area contributed by atoms with E-state index in [1.165, 1.54) is 0 Å².